The summed E-state index contributed by atoms with van der Waals surface area (Å²) >= 11 is 0. The molecule has 41 heavy (non-hydrogen) atoms. The highest BCUT2D eigenvalue weighted by molar-refractivity contribution is 5.93. The maximum absolute atomic E-state index is 13.3. The number of halogens is 3. The summed E-state index contributed by atoms with van der Waals surface area (Å²) in [6.07, 6.45) is 1.07. The molecule has 0 unspecified atom stereocenters. The van der Waals surface area contributed by atoms with E-state index in [0.29, 0.717) is 29.4 Å². The van der Waals surface area contributed by atoms with Crippen LogP contribution in [-0.2, 0) is 10.9 Å². The molecule has 3 aromatic carbocycles. The standard InChI is InChI=1S/C31H31F3N4O3/c1-39-28-20-27-25(19-29(28)41-16-4-13-38-14-17-40-18-15-38)30(36-21-35-27)37-24-11-8-22(9-12-24)7-10-23-5-2-3-6-26(23)31(32,33)34/h2-3,5-12,19-21H,4,13-18H2,1H3,(H,35,36,37)/b10-7+. The van der Waals surface area contributed by atoms with Crippen LogP contribution in [0.25, 0.3) is 23.1 Å². The molecule has 1 aliphatic rings. The summed E-state index contributed by atoms with van der Waals surface area (Å²) in [6, 6.07) is 16.5. The van der Waals surface area contributed by atoms with E-state index in [0.717, 1.165) is 62.0 Å². The topological polar surface area (TPSA) is 68.7 Å². The van der Waals surface area contributed by atoms with Crippen LogP contribution in [0.3, 0.4) is 0 Å². The lowest BCUT2D eigenvalue weighted by Gasteiger charge is -2.26. The smallest absolute Gasteiger partial charge is 0.416 e. The van der Waals surface area contributed by atoms with Gasteiger partial charge in [-0.1, -0.05) is 42.5 Å². The molecule has 0 atom stereocenters. The maximum atomic E-state index is 13.3. The number of benzene rings is 3. The van der Waals surface area contributed by atoms with Gasteiger partial charge in [0.05, 0.1) is 38.0 Å². The molecule has 0 spiro atoms. The fraction of sp³-hybridized carbons (Fsp3) is 0.290. The van der Waals surface area contributed by atoms with Crippen molar-refractivity contribution in [1.29, 1.82) is 0 Å². The van der Waals surface area contributed by atoms with Gasteiger partial charge in [-0.05, 0) is 41.8 Å². The van der Waals surface area contributed by atoms with Gasteiger partial charge >= 0.3 is 6.18 Å². The summed E-state index contributed by atoms with van der Waals surface area (Å²) in [5.74, 6) is 1.80. The first kappa shape index (κ1) is 28.4. The van der Waals surface area contributed by atoms with Crippen LogP contribution in [0.4, 0.5) is 24.7 Å². The molecule has 0 amide bonds. The number of methoxy groups -OCH3 is 1. The van der Waals surface area contributed by atoms with Crippen LogP contribution in [0.15, 0.2) is 67.0 Å². The Morgan fingerprint density at radius 3 is 2.51 bits per heavy atom. The quantitative estimate of drug-likeness (QED) is 0.170. The number of alkyl halides is 3. The van der Waals surface area contributed by atoms with E-state index in [1.165, 1.54) is 24.5 Å². The molecular weight excluding hydrogens is 533 g/mol. The fourth-order valence-corrected chi connectivity index (χ4v) is 4.63. The molecular formula is C31H31F3N4O3. The second-order valence-corrected chi connectivity index (χ2v) is 9.56. The zero-order valence-electron chi connectivity index (χ0n) is 22.7. The molecule has 1 aliphatic heterocycles. The van der Waals surface area contributed by atoms with Crippen LogP contribution in [0, 0.1) is 0 Å². The molecule has 0 bridgehead atoms. The zero-order valence-corrected chi connectivity index (χ0v) is 22.7. The van der Waals surface area contributed by atoms with Gasteiger partial charge in [-0.25, -0.2) is 9.97 Å². The average Bonchev–Trinajstić information content (AvgIpc) is 2.99. The Bertz CT molecular complexity index is 1490. The first-order valence-electron chi connectivity index (χ1n) is 13.4. The highest BCUT2D eigenvalue weighted by Gasteiger charge is 2.32. The van der Waals surface area contributed by atoms with Crippen molar-refractivity contribution in [2.45, 2.75) is 12.6 Å². The minimum atomic E-state index is -4.41. The van der Waals surface area contributed by atoms with Crippen LogP contribution >= 0.6 is 0 Å². The van der Waals surface area contributed by atoms with Gasteiger partial charge in [-0.15, -0.1) is 0 Å². The predicted octanol–water partition coefficient (Wildman–Crippen LogP) is 6.67. The number of morpholine rings is 1. The number of hydrogen-bond donors (Lipinski definition) is 1. The Morgan fingerprint density at radius 1 is 0.976 bits per heavy atom. The summed E-state index contributed by atoms with van der Waals surface area (Å²) < 4.78 is 56.9. The van der Waals surface area contributed by atoms with Gasteiger partial charge in [0, 0.05) is 36.8 Å². The molecule has 0 saturated carbocycles. The van der Waals surface area contributed by atoms with Gasteiger partial charge < -0.3 is 19.5 Å². The minimum absolute atomic E-state index is 0.115. The molecule has 4 aromatic rings. The van der Waals surface area contributed by atoms with Crippen molar-refractivity contribution in [2.75, 3.05) is 51.9 Å². The van der Waals surface area contributed by atoms with Gasteiger partial charge in [0.25, 0.3) is 0 Å². The summed E-state index contributed by atoms with van der Waals surface area (Å²) in [6.45, 7) is 4.90. The van der Waals surface area contributed by atoms with Crippen molar-refractivity contribution in [1.82, 2.24) is 14.9 Å². The molecule has 1 aromatic heterocycles. The summed E-state index contributed by atoms with van der Waals surface area (Å²) in [5.41, 5.74) is 1.67. The third kappa shape index (κ3) is 7.33. The van der Waals surface area contributed by atoms with Gasteiger partial charge in [0.2, 0.25) is 0 Å². The SMILES string of the molecule is COc1cc2ncnc(Nc3ccc(/C=C/c4ccccc4C(F)(F)F)cc3)c2cc1OCCCN1CCOCC1. The highest BCUT2D eigenvalue weighted by atomic mass is 19.4. The van der Waals surface area contributed by atoms with Crippen LogP contribution in [-0.4, -0.2) is 61.4 Å². The molecule has 7 nitrogen and oxygen atoms in total. The Labute approximate surface area is 236 Å². The van der Waals surface area contributed by atoms with E-state index in [2.05, 4.69) is 20.2 Å². The lowest BCUT2D eigenvalue weighted by Crippen LogP contribution is -2.37. The molecule has 2 heterocycles. The van der Waals surface area contributed by atoms with Crippen molar-refractivity contribution in [3.8, 4) is 11.5 Å². The lowest BCUT2D eigenvalue weighted by atomic mass is 10.1. The molecule has 0 aliphatic carbocycles. The number of anilines is 2. The van der Waals surface area contributed by atoms with Crippen molar-refractivity contribution in [3.63, 3.8) is 0 Å². The van der Waals surface area contributed by atoms with E-state index < -0.39 is 11.7 Å². The fourth-order valence-electron chi connectivity index (χ4n) is 4.63. The number of hydrogen-bond acceptors (Lipinski definition) is 7. The Balaban J connectivity index is 1.28. The monoisotopic (exact) mass is 564 g/mol. The molecule has 1 fully saturated rings. The van der Waals surface area contributed by atoms with Crippen LogP contribution < -0.4 is 14.8 Å². The van der Waals surface area contributed by atoms with Crippen LogP contribution in [0.2, 0.25) is 0 Å². The van der Waals surface area contributed by atoms with Gasteiger partial charge in [0.1, 0.15) is 12.1 Å². The Kier molecular flexibility index (Phi) is 9.01. The summed E-state index contributed by atoms with van der Waals surface area (Å²) in [7, 11) is 1.60. The van der Waals surface area contributed by atoms with Crippen molar-refractivity contribution < 1.29 is 27.4 Å². The van der Waals surface area contributed by atoms with Gasteiger partial charge in [-0.3, -0.25) is 4.90 Å². The van der Waals surface area contributed by atoms with E-state index in [1.807, 2.05) is 36.4 Å². The molecule has 0 radical (unpaired) electrons. The van der Waals surface area contributed by atoms with Crippen molar-refractivity contribution in [2.24, 2.45) is 0 Å². The number of ether oxygens (including phenoxy) is 3. The maximum Gasteiger partial charge on any atom is 0.416 e. The molecule has 1 N–H and O–H groups in total. The zero-order chi connectivity index (χ0) is 28.7. The normalized spacial score (nSPS) is 14.4. The minimum Gasteiger partial charge on any atom is -0.493 e. The first-order valence-corrected chi connectivity index (χ1v) is 13.4. The van der Waals surface area contributed by atoms with Gasteiger partial charge in [0.15, 0.2) is 11.5 Å². The second-order valence-electron chi connectivity index (χ2n) is 9.56. The number of nitrogens with one attached hydrogen (secondary N) is 1. The van der Waals surface area contributed by atoms with Crippen LogP contribution in [0.5, 0.6) is 11.5 Å². The first-order chi connectivity index (χ1) is 19.9. The lowest BCUT2D eigenvalue weighted by molar-refractivity contribution is -0.137. The molecule has 5 rings (SSSR count). The third-order valence-corrected chi connectivity index (χ3v) is 6.80. The number of fused-ring (bicyclic) bond motifs is 1. The second kappa shape index (κ2) is 13.0. The van der Waals surface area contributed by atoms with E-state index in [9.17, 15) is 13.2 Å². The molecule has 10 heteroatoms. The highest BCUT2D eigenvalue weighted by Crippen LogP contribution is 2.35. The molecule has 214 valence electrons. The van der Waals surface area contributed by atoms with E-state index in [-0.39, 0.29) is 5.56 Å². The Morgan fingerprint density at radius 2 is 1.76 bits per heavy atom. The third-order valence-electron chi connectivity index (χ3n) is 6.80. The Hall–Kier alpha value is -4.15. The van der Waals surface area contributed by atoms with Gasteiger partial charge in [-0.2, -0.15) is 13.2 Å². The predicted molar refractivity (Wildman–Crippen MR) is 154 cm³/mol. The number of nitrogens with zero attached hydrogens (tertiary/aromatic N) is 3. The van der Waals surface area contributed by atoms with E-state index in [4.69, 9.17) is 14.2 Å². The number of rotatable bonds is 10. The van der Waals surface area contributed by atoms with Crippen molar-refractivity contribution >= 4 is 34.6 Å². The summed E-state index contributed by atoms with van der Waals surface area (Å²) in [5, 5.41) is 4.08. The largest absolute Gasteiger partial charge is 0.493 e. The molecule has 1 saturated heterocycles. The van der Waals surface area contributed by atoms with Crippen molar-refractivity contribution in [3.05, 3.63) is 83.7 Å². The number of aromatic nitrogens is 2. The van der Waals surface area contributed by atoms with E-state index >= 15 is 0 Å². The van der Waals surface area contributed by atoms with Crippen LogP contribution in [0.1, 0.15) is 23.1 Å². The average molecular weight is 565 g/mol. The van der Waals surface area contributed by atoms with E-state index in [1.54, 1.807) is 19.3 Å². The summed E-state index contributed by atoms with van der Waals surface area (Å²) in [4.78, 5) is 11.2.